The summed E-state index contributed by atoms with van der Waals surface area (Å²) < 4.78 is 3.14. The molecule has 0 spiro atoms. The molecule has 0 aromatic carbocycles. The first-order chi connectivity index (χ1) is 7.74. The number of thiol groups is 1. The summed E-state index contributed by atoms with van der Waals surface area (Å²) in [7, 11) is 4.96. The Morgan fingerprint density at radius 3 is 2.44 bits per heavy atom. The average Bonchev–Trinajstić information content (AvgIpc) is 2.30. The van der Waals surface area contributed by atoms with Crippen LogP contribution in [-0.2, 0) is 0 Å². The first-order valence-corrected chi connectivity index (χ1v) is 24.5. The monoisotopic (exact) mass is 476 g/mol. The van der Waals surface area contributed by atoms with Crippen LogP contribution in [0.5, 0.6) is 0 Å². The average molecular weight is 474 g/mol. The van der Waals surface area contributed by atoms with Crippen LogP contribution in [0.3, 0.4) is 0 Å². The maximum absolute atomic E-state index is 4.96. The first kappa shape index (κ1) is 18.3. The topological polar surface area (TPSA) is 0 Å². The van der Waals surface area contributed by atoms with E-state index in [-0.39, 0.29) is 19.8 Å². The molecule has 0 aliphatic heterocycles. The van der Waals surface area contributed by atoms with Gasteiger partial charge in [0.05, 0.1) is 0 Å². The van der Waals surface area contributed by atoms with Gasteiger partial charge in [-0.2, -0.15) is 0 Å². The Hall–Kier alpha value is 2.30. The van der Waals surface area contributed by atoms with Gasteiger partial charge in [-0.15, -0.1) is 0 Å². The number of rotatable bonds is 11. The predicted octanol–water partition coefficient (Wildman–Crippen LogP) is 4.92. The molecule has 0 bridgehead atoms. The molecular formula is C12H28S2Sn2. The summed E-state index contributed by atoms with van der Waals surface area (Å²) in [4.78, 5) is 0. The van der Waals surface area contributed by atoms with Crippen LogP contribution >= 0.6 is 15.9 Å². The Bertz CT molecular complexity index is 145. The van der Waals surface area contributed by atoms with E-state index in [1.165, 1.54) is 38.5 Å². The van der Waals surface area contributed by atoms with E-state index in [1.807, 2.05) is 0 Å². The Morgan fingerprint density at radius 2 is 1.88 bits per heavy atom. The van der Waals surface area contributed by atoms with Crippen LogP contribution in [-0.4, -0.2) is 36.8 Å². The van der Waals surface area contributed by atoms with Gasteiger partial charge in [0.15, 0.2) is 0 Å². The summed E-state index contributed by atoms with van der Waals surface area (Å²) >= 11 is -1.40. The molecule has 0 aliphatic rings. The van der Waals surface area contributed by atoms with Crippen LogP contribution in [0.15, 0.2) is 0 Å². The first-order valence-electron chi connectivity index (χ1n) is 6.81. The van der Waals surface area contributed by atoms with Crippen LogP contribution in [0.4, 0.5) is 0 Å². The third-order valence-corrected chi connectivity index (χ3v) is 55.3. The van der Waals surface area contributed by atoms with Crippen molar-refractivity contribution in [1.82, 2.24) is 0 Å². The molecule has 4 heteroatoms. The Morgan fingerprint density at radius 1 is 1.19 bits per heavy atom. The van der Waals surface area contributed by atoms with E-state index in [4.69, 9.17) is 9.81 Å². The normalized spacial score (nSPS) is 15.0. The Kier molecular flexibility index (Phi) is 15.7. The Labute approximate surface area is 125 Å². The molecular weight excluding hydrogens is 446 g/mol. The number of hydrogen-bond donors (Lipinski definition) is 1. The molecule has 2 radical (unpaired) electrons. The fraction of sp³-hybridized carbons (Fsp3) is 1.00. The summed E-state index contributed by atoms with van der Waals surface area (Å²) in [6.07, 6.45) is 11.0. The summed E-state index contributed by atoms with van der Waals surface area (Å²) in [6, 6.07) is 0. The van der Waals surface area contributed by atoms with Crippen molar-refractivity contribution in [2.24, 2.45) is 5.92 Å². The van der Waals surface area contributed by atoms with E-state index in [0.717, 1.165) is 5.92 Å². The second-order valence-electron chi connectivity index (χ2n) is 4.47. The van der Waals surface area contributed by atoms with Crippen molar-refractivity contribution in [1.29, 1.82) is 0 Å². The van der Waals surface area contributed by atoms with Crippen molar-refractivity contribution in [3.8, 4) is 0 Å². The second-order valence-corrected chi connectivity index (χ2v) is 38.7. The van der Waals surface area contributed by atoms with Crippen molar-refractivity contribution >= 4 is 52.7 Å². The third-order valence-electron chi connectivity index (χ3n) is 2.93. The fourth-order valence-electron chi connectivity index (χ4n) is 1.72. The maximum atomic E-state index is 4.96. The van der Waals surface area contributed by atoms with Gasteiger partial charge in [0, 0.05) is 0 Å². The van der Waals surface area contributed by atoms with Gasteiger partial charge in [-0.1, -0.05) is 0 Å². The summed E-state index contributed by atoms with van der Waals surface area (Å²) in [6.45, 7) is 6.99. The predicted molar refractivity (Wildman–Crippen MR) is 87.3 cm³/mol. The molecule has 0 aliphatic carbocycles. The molecule has 0 amide bonds. The van der Waals surface area contributed by atoms with Crippen molar-refractivity contribution < 1.29 is 0 Å². The molecule has 0 heterocycles. The van der Waals surface area contributed by atoms with Gasteiger partial charge in [-0.05, 0) is 0 Å². The van der Waals surface area contributed by atoms with E-state index in [0.29, 0.717) is 0 Å². The summed E-state index contributed by atoms with van der Waals surface area (Å²) in [5.41, 5.74) is 0. The van der Waals surface area contributed by atoms with Crippen LogP contribution in [0.1, 0.15) is 59.3 Å². The van der Waals surface area contributed by atoms with Gasteiger partial charge >= 0.3 is 127 Å². The van der Waals surface area contributed by atoms with Gasteiger partial charge < -0.3 is 0 Å². The zero-order valence-electron chi connectivity index (χ0n) is 11.2. The molecule has 0 N–H and O–H groups in total. The van der Waals surface area contributed by atoms with Gasteiger partial charge in [-0.3, -0.25) is 0 Å². The molecule has 2 atom stereocenters. The van der Waals surface area contributed by atoms with E-state index in [2.05, 4.69) is 26.9 Å². The van der Waals surface area contributed by atoms with E-state index < -0.39 is 17.0 Å². The van der Waals surface area contributed by atoms with Gasteiger partial charge in [0.25, 0.3) is 0 Å². The van der Waals surface area contributed by atoms with Crippen LogP contribution in [0, 0.1) is 5.92 Å². The minimum absolute atomic E-state index is 0.0464. The van der Waals surface area contributed by atoms with Crippen LogP contribution in [0.25, 0.3) is 0 Å². The molecule has 16 heavy (non-hydrogen) atoms. The van der Waals surface area contributed by atoms with Gasteiger partial charge in [-0.25, -0.2) is 0 Å². The van der Waals surface area contributed by atoms with Crippen molar-refractivity contribution in [2.75, 3.05) is 0 Å². The molecule has 0 aromatic heterocycles. The quantitative estimate of drug-likeness (QED) is 0.252. The zero-order chi connectivity index (χ0) is 12.2. The van der Waals surface area contributed by atoms with Crippen LogP contribution < -0.4 is 0 Å². The van der Waals surface area contributed by atoms with E-state index in [1.54, 1.807) is 8.87 Å². The molecule has 2 unspecified atom stereocenters. The van der Waals surface area contributed by atoms with E-state index in [9.17, 15) is 0 Å². The number of unbranched alkanes of at least 4 members (excludes halogenated alkanes) is 2. The SMILES string of the molecule is CCC[CH2][Sn][S][SnH]([SH])[CH2]C(CC)CCCC. The summed E-state index contributed by atoms with van der Waals surface area (Å²) in [5, 5.41) is 0. The molecule has 0 aromatic rings. The van der Waals surface area contributed by atoms with Gasteiger partial charge in [0.2, 0.25) is 0 Å². The third kappa shape index (κ3) is 11.4. The van der Waals surface area contributed by atoms with Crippen molar-refractivity contribution in [2.45, 2.75) is 68.2 Å². The van der Waals surface area contributed by atoms with Crippen molar-refractivity contribution in [3.63, 3.8) is 0 Å². The fourth-order valence-corrected chi connectivity index (χ4v) is 48.5. The van der Waals surface area contributed by atoms with Crippen LogP contribution in [0.2, 0.25) is 8.87 Å². The van der Waals surface area contributed by atoms with E-state index >= 15 is 0 Å². The molecule has 0 nitrogen and oxygen atoms in total. The standard InChI is InChI=1S/C8H17.C4H9.H2S.S.2Sn.H/c1-4-6-7-8(3)5-2;1-3-4-2;;;;;/h8H,3-7H2,1-2H3;1,3-4H2,2H3;1H2;;;;/q;;;;;+1;/p-1. The van der Waals surface area contributed by atoms with Gasteiger partial charge in [0.1, 0.15) is 0 Å². The molecule has 0 fully saturated rings. The second kappa shape index (κ2) is 13.7. The van der Waals surface area contributed by atoms with Crippen molar-refractivity contribution in [3.05, 3.63) is 0 Å². The number of hydrogen-bond acceptors (Lipinski definition) is 2. The summed E-state index contributed by atoms with van der Waals surface area (Å²) in [5.74, 6) is 1.02. The molecule has 0 saturated carbocycles. The molecule has 96 valence electrons. The molecule has 0 rings (SSSR count). The minimum atomic E-state index is -1.35. The molecule has 0 saturated heterocycles. The Balaban J connectivity index is 3.53. The zero-order valence-corrected chi connectivity index (χ0v) is 19.0.